The van der Waals surface area contributed by atoms with Gasteiger partial charge >= 0.3 is 0 Å². The lowest BCUT2D eigenvalue weighted by molar-refractivity contribution is -0.145. The van der Waals surface area contributed by atoms with Gasteiger partial charge in [0.2, 0.25) is 23.6 Å². The molecule has 3 saturated heterocycles. The first-order chi connectivity index (χ1) is 35.7. The predicted molar refractivity (Wildman–Crippen MR) is 287 cm³/mol. The molecule has 2 aromatic carbocycles. The monoisotopic (exact) mass is 1090 g/mol. The van der Waals surface area contributed by atoms with Crippen molar-refractivity contribution in [1.29, 1.82) is 0 Å². The number of rotatable bonds is 20. The summed E-state index contributed by atoms with van der Waals surface area (Å²) < 4.78 is 21.1. The number of halogens is 2. The molecule has 1 saturated carbocycles. The number of anilines is 2. The van der Waals surface area contributed by atoms with E-state index >= 15 is 0 Å². The van der Waals surface area contributed by atoms with Crippen LogP contribution < -0.4 is 31.3 Å². The van der Waals surface area contributed by atoms with Crippen molar-refractivity contribution in [3.8, 4) is 16.2 Å². The summed E-state index contributed by atoms with van der Waals surface area (Å²) in [6.07, 6.45) is 6.15. The zero-order chi connectivity index (χ0) is 53.7. The highest BCUT2D eigenvalue weighted by molar-refractivity contribution is 7.99. The van der Waals surface area contributed by atoms with Crippen LogP contribution in [0.4, 0.5) is 15.9 Å². The van der Waals surface area contributed by atoms with Crippen LogP contribution in [0.25, 0.3) is 10.4 Å². The molecule has 3 atom stereocenters. The molecular weight excluding hydrogens is 1020 g/mol. The number of aliphatic hydroxyl groups is 1. The van der Waals surface area contributed by atoms with Gasteiger partial charge in [-0.15, -0.1) is 11.3 Å². The second-order valence-electron chi connectivity index (χ2n) is 21.6. The molecular formula is C53H69ClFN11O7S2. The summed E-state index contributed by atoms with van der Waals surface area (Å²) in [4.78, 5) is 89.6. The molecule has 75 heavy (non-hydrogen) atoms. The van der Waals surface area contributed by atoms with Gasteiger partial charge in [0.25, 0.3) is 5.91 Å². The number of nitrogens with two attached hydrogens (primary N) is 1. The van der Waals surface area contributed by atoms with E-state index in [1.54, 1.807) is 49.6 Å². The van der Waals surface area contributed by atoms with Gasteiger partial charge in [-0.3, -0.25) is 28.9 Å². The molecule has 4 aromatic rings. The topological polar surface area (TPSA) is 229 Å². The predicted octanol–water partition coefficient (Wildman–Crippen LogP) is 5.83. The van der Waals surface area contributed by atoms with Crippen LogP contribution in [0.1, 0.15) is 83.9 Å². The van der Waals surface area contributed by atoms with E-state index in [9.17, 15) is 33.5 Å². The van der Waals surface area contributed by atoms with Crippen molar-refractivity contribution in [2.75, 3.05) is 75.7 Å². The Morgan fingerprint density at radius 1 is 1.04 bits per heavy atom. The number of carbonyl (C=O) groups is 5. The number of unbranched alkanes of at least 4 members (excludes halogenated alkanes) is 1. The minimum Gasteiger partial charge on any atom is -0.493 e. The van der Waals surface area contributed by atoms with Crippen molar-refractivity contribution in [3.63, 3.8) is 0 Å². The zero-order valence-corrected chi connectivity index (χ0v) is 45.7. The fourth-order valence-corrected chi connectivity index (χ4v) is 11.3. The summed E-state index contributed by atoms with van der Waals surface area (Å²) in [5, 5.41) is 20.1. The zero-order valence-electron chi connectivity index (χ0n) is 43.3. The van der Waals surface area contributed by atoms with Crippen LogP contribution in [0.3, 0.4) is 0 Å². The number of nitrogens with one attached hydrogen (secondary N) is 3. The summed E-state index contributed by atoms with van der Waals surface area (Å²) in [6, 6.07) is 9.01. The number of thiazole rings is 1. The van der Waals surface area contributed by atoms with Crippen molar-refractivity contribution in [1.82, 2.24) is 40.3 Å². The van der Waals surface area contributed by atoms with Crippen molar-refractivity contribution in [2.24, 2.45) is 16.6 Å². The van der Waals surface area contributed by atoms with Crippen molar-refractivity contribution in [2.45, 2.75) is 120 Å². The highest BCUT2D eigenvalue weighted by atomic mass is 35.5. The van der Waals surface area contributed by atoms with Gasteiger partial charge < -0.3 is 46.2 Å². The van der Waals surface area contributed by atoms with E-state index in [2.05, 4.69) is 47.6 Å². The number of aromatic nitrogens is 3. The summed E-state index contributed by atoms with van der Waals surface area (Å²) in [7, 11) is 0. The van der Waals surface area contributed by atoms with Gasteiger partial charge in [-0.2, -0.15) is 0 Å². The van der Waals surface area contributed by atoms with E-state index in [-0.39, 0.29) is 62.7 Å². The molecule has 2 aromatic heterocycles. The first-order valence-electron chi connectivity index (χ1n) is 25.7. The number of aliphatic hydroxyl groups excluding tert-OH is 1. The molecule has 4 fully saturated rings. The number of piperazine rings is 1. The maximum atomic E-state index is 14.7. The summed E-state index contributed by atoms with van der Waals surface area (Å²) >= 11 is 9.65. The Morgan fingerprint density at radius 3 is 2.48 bits per heavy atom. The van der Waals surface area contributed by atoms with E-state index in [4.69, 9.17) is 22.1 Å². The fourth-order valence-electron chi connectivity index (χ4n) is 9.47. The first-order valence-corrected chi connectivity index (χ1v) is 27.8. The van der Waals surface area contributed by atoms with Crippen LogP contribution in [0.2, 0.25) is 5.02 Å². The second-order valence-corrected chi connectivity index (χ2v) is 23.9. The molecule has 1 aliphatic carbocycles. The smallest absolute Gasteiger partial charge is 0.258 e. The lowest BCUT2D eigenvalue weighted by Gasteiger charge is -2.39. The van der Waals surface area contributed by atoms with Gasteiger partial charge in [-0.1, -0.05) is 69.3 Å². The molecule has 404 valence electrons. The summed E-state index contributed by atoms with van der Waals surface area (Å²) in [6.45, 7) is 13.9. The molecule has 0 spiro atoms. The van der Waals surface area contributed by atoms with Crippen LogP contribution in [0.5, 0.6) is 5.75 Å². The number of β-amino-alcohol motifs (C(OH)–C–C–N with tert-alkyl or cyclic N) is 1. The Bertz CT molecular complexity index is 2710. The third kappa shape index (κ3) is 13.9. The number of piperidine rings is 1. The van der Waals surface area contributed by atoms with Crippen LogP contribution in [-0.4, -0.2) is 154 Å². The summed E-state index contributed by atoms with van der Waals surface area (Å²) in [5.74, 6) is -0.986. The molecule has 6 N–H and O–H groups in total. The van der Waals surface area contributed by atoms with Gasteiger partial charge in [0.1, 0.15) is 28.7 Å². The molecule has 5 amide bonds. The number of hydrogen-bond acceptors (Lipinski definition) is 15. The van der Waals surface area contributed by atoms with Crippen LogP contribution >= 0.6 is 34.7 Å². The van der Waals surface area contributed by atoms with E-state index in [0.717, 1.165) is 54.3 Å². The van der Waals surface area contributed by atoms with Gasteiger partial charge in [-0.05, 0) is 93.1 Å². The quantitative estimate of drug-likeness (QED) is 0.0657. The van der Waals surface area contributed by atoms with Crippen LogP contribution in [0.15, 0.2) is 64.2 Å². The minimum atomic E-state index is -1.99. The highest BCUT2D eigenvalue weighted by Gasteiger charge is 2.53. The largest absolute Gasteiger partial charge is 0.493 e. The third-order valence-electron chi connectivity index (χ3n) is 14.6. The molecule has 0 bridgehead atoms. The molecule has 2 unspecified atom stereocenters. The number of hydrogen-bond donors (Lipinski definition) is 5. The average Bonchev–Trinajstić information content (AvgIpc) is 3.79. The minimum absolute atomic E-state index is 0.00604. The first kappa shape index (κ1) is 55.8. The Hall–Kier alpha value is -5.45. The normalized spacial score (nSPS) is 19.9. The fraction of sp³-hybridized carbons (Fsp3) is 0.547. The Labute approximate surface area is 451 Å². The molecule has 18 nitrogen and oxygen atoms in total. The Kier molecular flexibility index (Phi) is 17.7. The highest BCUT2D eigenvalue weighted by Crippen LogP contribution is 2.41. The lowest BCUT2D eigenvalue weighted by atomic mass is 9.80. The van der Waals surface area contributed by atoms with E-state index in [1.807, 2.05) is 37.3 Å². The molecule has 0 radical (unpaired) electrons. The SMILES string of the molecule is Cc1ncsc1-c1ccc(CNC(=O)C2CC(O)CN2C(=O)[C@@H](NC(=O)C2(F)CC2)C(C)(C)C)c(OCCCCN2CCN(CC(=O)Nc3cccc(Sc4cnc(N5CCC(C)(CN)CC5)cn4)c3Cl)C(=O)C2)c1. The number of likely N-dealkylation sites (tertiary alicyclic amines) is 1. The molecule has 8 rings (SSSR count). The second kappa shape index (κ2) is 23.8. The summed E-state index contributed by atoms with van der Waals surface area (Å²) in [5.41, 5.74) is 8.05. The molecule has 22 heteroatoms. The lowest BCUT2D eigenvalue weighted by Crippen LogP contribution is -2.59. The standard InChI is InChI=1S/C53H69ClFN11O7S2/c1-33-46(74-32-60-33)34-11-12-35(25-59-48(70)38-24-36(67)28-66(38)49(71)47(51(2,3)4)62-50(72)53(55)13-14-53)39(23-34)73-22-7-6-17-63-20-21-65(44(69)30-63)29-42(68)61-37-9-8-10-40(45(37)54)75-43-27-57-41(26-58-43)64-18-15-52(5,31-56)16-19-64/h8-12,23,26-27,32,36,38,47,67H,6-7,13-22,24-25,28-31,56H2,1-5H3,(H,59,70)(H,61,68)(H,62,72)/t36?,38?,47-/m1/s1. The molecule has 5 heterocycles. The van der Waals surface area contributed by atoms with Gasteiger partial charge in [0.15, 0.2) is 5.67 Å². The number of benzene rings is 2. The maximum absolute atomic E-state index is 14.7. The van der Waals surface area contributed by atoms with Crippen LogP contribution in [0, 0.1) is 17.8 Å². The van der Waals surface area contributed by atoms with E-state index < -0.39 is 47.0 Å². The van der Waals surface area contributed by atoms with Crippen molar-refractivity contribution < 1.29 is 38.2 Å². The number of carbonyl (C=O) groups excluding carboxylic acids is 5. The maximum Gasteiger partial charge on any atom is 0.258 e. The number of aryl methyl sites for hydroxylation is 1. The molecule has 4 aliphatic rings. The number of nitrogens with zero attached hydrogens (tertiary/aromatic N) is 7. The van der Waals surface area contributed by atoms with Crippen molar-refractivity contribution in [3.05, 3.63) is 70.6 Å². The Morgan fingerprint density at radius 2 is 1.81 bits per heavy atom. The third-order valence-corrected chi connectivity index (χ3v) is 17.1. The van der Waals surface area contributed by atoms with Gasteiger partial charge in [-0.25, -0.2) is 19.3 Å². The van der Waals surface area contributed by atoms with Gasteiger partial charge in [0.05, 0.1) is 65.0 Å². The number of amides is 5. The van der Waals surface area contributed by atoms with Gasteiger partial charge in [0, 0.05) is 56.1 Å². The average molecular weight is 1090 g/mol. The molecule has 3 aliphatic heterocycles. The number of alkyl halides is 1. The Balaban J connectivity index is 0.796. The van der Waals surface area contributed by atoms with Crippen LogP contribution in [-0.2, 0) is 30.5 Å². The number of ether oxygens (including phenoxy) is 1. The van der Waals surface area contributed by atoms with Crippen molar-refractivity contribution >= 4 is 75.7 Å². The van der Waals surface area contributed by atoms with E-state index in [0.29, 0.717) is 71.2 Å². The van der Waals surface area contributed by atoms with E-state index in [1.165, 1.54) is 28.0 Å².